The van der Waals surface area contributed by atoms with Crippen molar-refractivity contribution in [2.24, 2.45) is 4.99 Å². The maximum Gasteiger partial charge on any atom is 0.336 e. The zero-order chi connectivity index (χ0) is 22.7. The molecule has 2 aromatic heterocycles. The highest BCUT2D eigenvalue weighted by Crippen LogP contribution is 2.38. The van der Waals surface area contributed by atoms with E-state index >= 15 is 0 Å². The Kier molecular flexibility index (Phi) is 6.73. The molecule has 3 aromatic rings. The predicted octanol–water partition coefficient (Wildman–Crippen LogP) is 4.17. The summed E-state index contributed by atoms with van der Waals surface area (Å²) in [5, 5.41) is 9.17. The van der Waals surface area contributed by atoms with Gasteiger partial charge in [0.25, 0.3) is 5.56 Å². The minimum atomic E-state index is -0.609. The Morgan fingerprint density at radius 1 is 1.39 bits per heavy atom. The second kappa shape index (κ2) is 9.29. The molecule has 3 rings (SSSR count). The molecule has 0 N–H and O–H groups in total. The maximum atomic E-state index is 14.0. The average molecular weight is 461 g/mol. The van der Waals surface area contributed by atoms with Crippen LogP contribution in [-0.4, -0.2) is 29.5 Å². The van der Waals surface area contributed by atoms with Gasteiger partial charge in [0.1, 0.15) is 4.70 Å². The van der Waals surface area contributed by atoms with Crippen LogP contribution in [0.25, 0.3) is 26.4 Å². The van der Waals surface area contributed by atoms with Gasteiger partial charge < -0.3 is 4.74 Å². The zero-order valence-electron chi connectivity index (χ0n) is 17.0. The molecule has 0 unspecified atom stereocenters. The summed E-state index contributed by atoms with van der Waals surface area (Å²) in [4.78, 5) is 30.9. The number of methoxy groups -OCH3 is 1. The molecule has 1 aromatic carbocycles. The topological polar surface area (TPSA) is 89.4 Å². The number of thiophene rings is 1. The third-order valence-corrected chi connectivity index (χ3v) is 6.05. The van der Waals surface area contributed by atoms with Crippen LogP contribution in [0.2, 0.25) is 5.02 Å². The van der Waals surface area contributed by atoms with Crippen molar-refractivity contribution in [3.05, 3.63) is 56.0 Å². The first-order chi connectivity index (χ1) is 14.9. The lowest BCUT2D eigenvalue weighted by atomic mass is 10.1. The highest BCUT2D eigenvalue weighted by molar-refractivity contribution is 7.22. The third-order valence-electron chi connectivity index (χ3n) is 4.59. The van der Waals surface area contributed by atoms with Gasteiger partial charge in [-0.2, -0.15) is 5.26 Å². The van der Waals surface area contributed by atoms with E-state index < -0.39 is 17.1 Å². The number of aromatic nitrogens is 2. The van der Waals surface area contributed by atoms with Crippen LogP contribution in [0.3, 0.4) is 0 Å². The van der Waals surface area contributed by atoms with E-state index in [0.717, 1.165) is 22.0 Å². The molecule has 0 atom stereocenters. The summed E-state index contributed by atoms with van der Waals surface area (Å²) in [6.45, 7) is 1.79. The van der Waals surface area contributed by atoms with Gasteiger partial charge in [-0.05, 0) is 25.1 Å². The van der Waals surface area contributed by atoms with Crippen LogP contribution in [-0.2, 0) is 6.54 Å². The van der Waals surface area contributed by atoms with E-state index in [-0.39, 0.29) is 23.7 Å². The number of aliphatic imine (C=N–C) groups is 1. The zero-order valence-corrected chi connectivity index (χ0v) is 18.6. The van der Waals surface area contributed by atoms with Crippen molar-refractivity contribution in [1.82, 2.24) is 9.13 Å². The molecule has 2 heterocycles. The van der Waals surface area contributed by atoms with Gasteiger partial charge in [0.15, 0.2) is 11.6 Å². The van der Waals surface area contributed by atoms with Crippen molar-refractivity contribution < 1.29 is 9.13 Å². The highest BCUT2D eigenvalue weighted by atomic mass is 35.5. The molecule has 0 bridgehead atoms. The van der Waals surface area contributed by atoms with Crippen LogP contribution < -0.4 is 16.0 Å². The fraction of sp³-hybridized carbons (Fsp3) is 0.238. The van der Waals surface area contributed by atoms with Crippen molar-refractivity contribution in [1.29, 1.82) is 5.26 Å². The number of nitriles is 1. The monoisotopic (exact) mass is 460 g/mol. The number of hydrogen-bond acceptors (Lipinski definition) is 6. The minimum absolute atomic E-state index is 0.00602. The quantitative estimate of drug-likeness (QED) is 0.516. The summed E-state index contributed by atoms with van der Waals surface area (Å²) in [5.41, 5.74) is 0.0783. The molecular formula is C21H18ClFN4O3S. The smallest absolute Gasteiger partial charge is 0.336 e. The van der Waals surface area contributed by atoms with E-state index in [1.165, 1.54) is 31.0 Å². The van der Waals surface area contributed by atoms with Crippen LogP contribution >= 0.6 is 22.9 Å². The Morgan fingerprint density at radius 2 is 2.13 bits per heavy atom. The second-order valence-electron chi connectivity index (χ2n) is 6.38. The number of rotatable bonds is 6. The van der Waals surface area contributed by atoms with Gasteiger partial charge >= 0.3 is 5.69 Å². The van der Waals surface area contributed by atoms with Gasteiger partial charge in [0, 0.05) is 30.2 Å². The first-order valence-corrected chi connectivity index (χ1v) is 10.4. The first-order valence-electron chi connectivity index (χ1n) is 9.16. The lowest BCUT2D eigenvalue weighted by molar-refractivity contribution is 0.387. The van der Waals surface area contributed by atoms with Crippen molar-refractivity contribution in [2.75, 3.05) is 14.2 Å². The molecule has 0 aliphatic heterocycles. The molecule has 0 saturated carbocycles. The van der Waals surface area contributed by atoms with E-state index in [9.17, 15) is 14.0 Å². The van der Waals surface area contributed by atoms with Gasteiger partial charge in [0.05, 0.1) is 35.8 Å². The minimum Gasteiger partial charge on any atom is -0.494 e. The van der Waals surface area contributed by atoms with E-state index in [4.69, 9.17) is 21.6 Å². The molecule has 0 saturated heterocycles. The van der Waals surface area contributed by atoms with Gasteiger partial charge in [-0.1, -0.05) is 17.7 Å². The number of nitrogens with zero attached hydrogens (tertiary/aromatic N) is 4. The number of allylic oxidation sites excluding steroid dienone is 2. The van der Waals surface area contributed by atoms with Crippen LogP contribution in [0.4, 0.5) is 4.39 Å². The number of aryl methyl sites for hydroxylation is 1. The number of fused-ring (bicyclic) bond motifs is 1. The summed E-state index contributed by atoms with van der Waals surface area (Å²) in [5.74, 6) is -0.603. The van der Waals surface area contributed by atoms with Crippen LogP contribution in [0.1, 0.15) is 13.3 Å². The van der Waals surface area contributed by atoms with Crippen molar-refractivity contribution in [3.63, 3.8) is 0 Å². The highest BCUT2D eigenvalue weighted by Gasteiger charge is 2.20. The van der Waals surface area contributed by atoms with Gasteiger partial charge in [-0.15, -0.1) is 11.3 Å². The van der Waals surface area contributed by atoms with Gasteiger partial charge in [-0.3, -0.25) is 14.4 Å². The van der Waals surface area contributed by atoms with Crippen molar-refractivity contribution in [3.8, 4) is 22.3 Å². The molecule has 31 heavy (non-hydrogen) atoms. The Bertz CT molecular complexity index is 1380. The number of hydrogen-bond donors (Lipinski definition) is 0. The predicted molar refractivity (Wildman–Crippen MR) is 122 cm³/mol. The first kappa shape index (κ1) is 22.5. The molecule has 0 aliphatic rings. The summed E-state index contributed by atoms with van der Waals surface area (Å²) in [7, 11) is 2.88. The molecule has 0 radical (unpaired) electrons. The fourth-order valence-electron chi connectivity index (χ4n) is 3.15. The summed E-state index contributed by atoms with van der Waals surface area (Å²) in [6.07, 6.45) is 3.10. The van der Waals surface area contributed by atoms with Crippen LogP contribution in [0.15, 0.2) is 38.9 Å². The van der Waals surface area contributed by atoms with Crippen LogP contribution in [0, 0.1) is 17.1 Å². The van der Waals surface area contributed by atoms with E-state index in [1.807, 2.05) is 6.07 Å². The van der Waals surface area contributed by atoms with Gasteiger partial charge in [-0.25, -0.2) is 13.8 Å². The molecule has 0 spiro atoms. The number of benzene rings is 1. The number of halogens is 2. The lowest BCUT2D eigenvalue weighted by Gasteiger charge is -2.11. The second-order valence-corrected chi connectivity index (χ2v) is 7.83. The number of ether oxygens (including phenoxy) is 1. The standard InChI is InChI=1S/C21H18ClFN4O3S/c1-4-12(11-25-2)27-20(28)19-16(26(21(27)29)7-5-6-24)10-18(31-19)13-8-17(30-3)15(23)9-14(13)22/h4,8-11H,5,7H2,1-3H3/b12-4+,25-11?. The van der Waals surface area contributed by atoms with Gasteiger partial charge in [0.2, 0.25) is 0 Å². The Hall–Kier alpha value is -3.22. The summed E-state index contributed by atoms with van der Waals surface area (Å²) in [6, 6.07) is 6.24. The largest absolute Gasteiger partial charge is 0.494 e. The normalized spacial score (nSPS) is 11.9. The fourth-order valence-corrected chi connectivity index (χ4v) is 4.58. The SMILES string of the molecule is C/C=C(\C=NC)n1c(=O)c2sc(-c3cc(OC)c(F)cc3Cl)cc2n(CCC#N)c1=O. The van der Waals surface area contributed by atoms with E-state index in [1.54, 1.807) is 19.1 Å². The van der Waals surface area contributed by atoms with E-state index in [2.05, 4.69) is 4.99 Å². The average Bonchev–Trinajstić information content (AvgIpc) is 3.18. The Morgan fingerprint density at radius 3 is 2.74 bits per heavy atom. The molecule has 0 amide bonds. The van der Waals surface area contributed by atoms with Crippen molar-refractivity contribution >= 4 is 45.1 Å². The molecule has 7 nitrogen and oxygen atoms in total. The summed E-state index contributed by atoms with van der Waals surface area (Å²) >= 11 is 7.37. The maximum absolute atomic E-state index is 14.0. The molecule has 160 valence electrons. The lowest BCUT2D eigenvalue weighted by Crippen LogP contribution is -2.39. The van der Waals surface area contributed by atoms with Crippen LogP contribution in [0.5, 0.6) is 5.75 Å². The van der Waals surface area contributed by atoms with E-state index in [0.29, 0.717) is 26.4 Å². The van der Waals surface area contributed by atoms with Crippen molar-refractivity contribution in [2.45, 2.75) is 19.9 Å². The third kappa shape index (κ3) is 4.04. The molecule has 0 aliphatic carbocycles. The Labute approximate surface area is 185 Å². The molecule has 10 heteroatoms. The summed E-state index contributed by atoms with van der Waals surface area (Å²) < 4.78 is 21.7. The molecule has 0 fully saturated rings. The molecular weight excluding hydrogens is 443 g/mol. The Balaban J connectivity index is 2.39.